The number of pyridine rings is 1. The Bertz CT molecular complexity index is 672. The van der Waals surface area contributed by atoms with Gasteiger partial charge < -0.3 is 19.3 Å². The number of anilines is 2. The van der Waals surface area contributed by atoms with Crippen molar-refractivity contribution < 1.29 is 9.47 Å². The molecule has 0 spiro atoms. The third-order valence-corrected chi connectivity index (χ3v) is 4.69. The second-order valence-electron chi connectivity index (χ2n) is 5.81. The summed E-state index contributed by atoms with van der Waals surface area (Å²) in [6.45, 7) is 4.14. The predicted molar refractivity (Wildman–Crippen MR) is 105 cm³/mol. The van der Waals surface area contributed by atoms with Gasteiger partial charge in [0.15, 0.2) is 0 Å². The summed E-state index contributed by atoms with van der Waals surface area (Å²) in [6.07, 6.45) is 0. The molecule has 1 aromatic carbocycles. The van der Waals surface area contributed by atoms with E-state index in [4.69, 9.17) is 14.5 Å². The molecule has 0 saturated carbocycles. The van der Waals surface area contributed by atoms with Crippen molar-refractivity contribution in [2.45, 2.75) is 6.54 Å². The van der Waals surface area contributed by atoms with E-state index in [1.165, 1.54) is 9.13 Å². The van der Waals surface area contributed by atoms with E-state index in [9.17, 15) is 0 Å². The quantitative estimate of drug-likeness (QED) is 0.670. The second-order valence-corrected chi connectivity index (χ2v) is 7.05. The molecular weight excluding hydrogens is 417 g/mol. The van der Waals surface area contributed by atoms with Gasteiger partial charge in [-0.3, -0.25) is 0 Å². The van der Waals surface area contributed by atoms with Gasteiger partial charge in [0, 0.05) is 30.3 Å². The molecule has 2 aromatic rings. The number of methoxy groups -OCH3 is 1. The lowest BCUT2D eigenvalue weighted by Crippen LogP contribution is -2.37. The first-order valence-electron chi connectivity index (χ1n) is 8.00. The lowest BCUT2D eigenvalue weighted by molar-refractivity contribution is 0.122. The molecule has 1 fully saturated rings. The van der Waals surface area contributed by atoms with Crippen LogP contribution >= 0.6 is 22.6 Å². The standard InChI is InChI=1S/C18H22IN3O2/c1-21(13-14-3-5-16(23-2)6-4-14)17-11-15(19)12-18(20-17)22-7-9-24-10-8-22/h3-6,11-12H,7-10,13H2,1-2H3. The number of aromatic nitrogens is 1. The van der Waals surface area contributed by atoms with Crippen LogP contribution < -0.4 is 14.5 Å². The van der Waals surface area contributed by atoms with Crippen LogP contribution in [0.1, 0.15) is 5.56 Å². The third kappa shape index (κ3) is 4.30. The summed E-state index contributed by atoms with van der Waals surface area (Å²) >= 11 is 2.36. The first kappa shape index (κ1) is 17.3. The van der Waals surface area contributed by atoms with E-state index < -0.39 is 0 Å². The highest BCUT2D eigenvalue weighted by molar-refractivity contribution is 14.1. The van der Waals surface area contributed by atoms with E-state index in [1.54, 1.807) is 7.11 Å². The molecule has 1 aromatic heterocycles. The fourth-order valence-corrected chi connectivity index (χ4v) is 3.26. The van der Waals surface area contributed by atoms with Crippen molar-refractivity contribution in [1.29, 1.82) is 0 Å². The molecule has 5 nitrogen and oxygen atoms in total. The minimum Gasteiger partial charge on any atom is -0.497 e. The fourth-order valence-electron chi connectivity index (χ4n) is 2.71. The SMILES string of the molecule is COc1ccc(CN(C)c2cc(I)cc(N3CCOCC3)n2)cc1. The molecule has 0 atom stereocenters. The van der Waals surface area contributed by atoms with Crippen LogP contribution in [0.5, 0.6) is 5.75 Å². The van der Waals surface area contributed by atoms with Crippen LogP contribution in [-0.2, 0) is 11.3 Å². The van der Waals surface area contributed by atoms with Crippen LogP contribution in [-0.4, -0.2) is 45.4 Å². The van der Waals surface area contributed by atoms with Crippen molar-refractivity contribution >= 4 is 34.2 Å². The maximum absolute atomic E-state index is 5.44. The predicted octanol–water partition coefficient (Wildman–Crippen LogP) is 3.17. The number of nitrogens with zero attached hydrogens (tertiary/aromatic N) is 3. The molecule has 24 heavy (non-hydrogen) atoms. The lowest BCUT2D eigenvalue weighted by atomic mass is 10.2. The Labute approximate surface area is 156 Å². The number of rotatable bonds is 5. The molecule has 6 heteroatoms. The average Bonchev–Trinajstić information content (AvgIpc) is 2.62. The summed E-state index contributed by atoms with van der Waals surface area (Å²) in [4.78, 5) is 9.32. The number of hydrogen-bond acceptors (Lipinski definition) is 5. The van der Waals surface area contributed by atoms with Crippen molar-refractivity contribution in [2.75, 3.05) is 50.3 Å². The summed E-state index contributed by atoms with van der Waals surface area (Å²) in [5.74, 6) is 2.89. The average molecular weight is 439 g/mol. The minimum absolute atomic E-state index is 0.768. The highest BCUT2D eigenvalue weighted by Crippen LogP contribution is 2.23. The van der Waals surface area contributed by atoms with Crippen molar-refractivity contribution in [3.63, 3.8) is 0 Å². The molecule has 0 bridgehead atoms. The number of ether oxygens (including phenoxy) is 2. The Balaban J connectivity index is 1.75. The van der Waals surface area contributed by atoms with E-state index in [-0.39, 0.29) is 0 Å². The molecule has 0 aliphatic carbocycles. The Hall–Kier alpha value is -1.54. The van der Waals surface area contributed by atoms with Crippen LogP contribution in [0.2, 0.25) is 0 Å². The lowest BCUT2D eigenvalue weighted by Gasteiger charge is -2.29. The zero-order valence-corrected chi connectivity index (χ0v) is 16.2. The molecule has 0 amide bonds. The van der Waals surface area contributed by atoms with E-state index in [1.807, 2.05) is 12.1 Å². The molecule has 0 N–H and O–H groups in total. The third-order valence-electron chi connectivity index (χ3n) is 4.07. The second kappa shape index (κ2) is 8.02. The van der Waals surface area contributed by atoms with Gasteiger partial charge >= 0.3 is 0 Å². The maximum Gasteiger partial charge on any atom is 0.132 e. The molecule has 3 rings (SSSR count). The van der Waals surface area contributed by atoms with Gasteiger partial charge in [0.2, 0.25) is 0 Å². The van der Waals surface area contributed by atoms with Gasteiger partial charge in [0.25, 0.3) is 0 Å². The van der Waals surface area contributed by atoms with E-state index in [0.717, 1.165) is 50.2 Å². The number of halogens is 1. The number of benzene rings is 1. The fraction of sp³-hybridized carbons (Fsp3) is 0.389. The zero-order valence-electron chi connectivity index (χ0n) is 14.0. The molecule has 2 heterocycles. The Kier molecular flexibility index (Phi) is 5.78. The monoisotopic (exact) mass is 439 g/mol. The van der Waals surface area contributed by atoms with Crippen LogP contribution in [0.4, 0.5) is 11.6 Å². The van der Waals surface area contributed by atoms with Crippen LogP contribution in [0.25, 0.3) is 0 Å². The summed E-state index contributed by atoms with van der Waals surface area (Å²) in [5.41, 5.74) is 1.23. The first-order valence-corrected chi connectivity index (χ1v) is 9.08. The Morgan fingerprint density at radius 3 is 2.58 bits per heavy atom. The zero-order chi connectivity index (χ0) is 16.9. The summed E-state index contributed by atoms with van der Waals surface area (Å²) < 4.78 is 11.8. The van der Waals surface area contributed by atoms with Gasteiger partial charge in [-0.1, -0.05) is 12.1 Å². The number of hydrogen-bond donors (Lipinski definition) is 0. The topological polar surface area (TPSA) is 37.8 Å². The van der Waals surface area contributed by atoms with Gasteiger partial charge in [0.1, 0.15) is 17.4 Å². The van der Waals surface area contributed by atoms with Crippen LogP contribution in [0, 0.1) is 3.57 Å². The summed E-state index contributed by atoms with van der Waals surface area (Å²) in [7, 11) is 3.76. The van der Waals surface area contributed by atoms with Crippen molar-refractivity contribution in [1.82, 2.24) is 4.98 Å². The number of morpholine rings is 1. The van der Waals surface area contributed by atoms with E-state index in [0.29, 0.717) is 0 Å². The van der Waals surface area contributed by atoms with Gasteiger partial charge in [0.05, 0.1) is 20.3 Å². The van der Waals surface area contributed by atoms with E-state index >= 15 is 0 Å². The first-order chi connectivity index (χ1) is 11.7. The van der Waals surface area contributed by atoms with Crippen molar-refractivity contribution in [2.24, 2.45) is 0 Å². The van der Waals surface area contributed by atoms with Gasteiger partial charge in [-0.2, -0.15) is 0 Å². The van der Waals surface area contributed by atoms with Crippen LogP contribution in [0.3, 0.4) is 0 Å². The molecule has 1 saturated heterocycles. The van der Waals surface area contributed by atoms with Crippen molar-refractivity contribution in [3.05, 3.63) is 45.5 Å². The molecule has 1 aliphatic heterocycles. The summed E-state index contributed by atoms with van der Waals surface area (Å²) in [5, 5.41) is 0. The van der Waals surface area contributed by atoms with E-state index in [2.05, 4.69) is 63.7 Å². The van der Waals surface area contributed by atoms with Gasteiger partial charge in [-0.05, 0) is 52.4 Å². The molecular formula is C18H22IN3O2. The van der Waals surface area contributed by atoms with Gasteiger partial charge in [-0.25, -0.2) is 4.98 Å². The normalized spacial score (nSPS) is 14.5. The molecule has 0 unspecified atom stereocenters. The Morgan fingerprint density at radius 2 is 1.92 bits per heavy atom. The molecule has 128 valence electrons. The maximum atomic E-state index is 5.44. The molecule has 0 radical (unpaired) electrons. The van der Waals surface area contributed by atoms with Crippen LogP contribution in [0.15, 0.2) is 36.4 Å². The highest BCUT2D eigenvalue weighted by atomic mass is 127. The van der Waals surface area contributed by atoms with Gasteiger partial charge in [-0.15, -0.1) is 0 Å². The largest absolute Gasteiger partial charge is 0.497 e. The highest BCUT2D eigenvalue weighted by Gasteiger charge is 2.15. The summed E-state index contributed by atoms with van der Waals surface area (Å²) in [6, 6.07) is 12.4. The van der Waals surface area contributed by atoms with Crippen molar-refractivity contribution in [3.8, 4) is 5.75 Å². The smallest absolute Gasteiger partial charge is 0.132 e. The molecule has 1 aliphatic rings. The Morgan fingerprint density at radius 1 is 1.21 bits per heavy atom. The minimum atomic E-state index is 0.768.